The molecule has 5 nitrogen and oxygen atoms in total. The van der Waals surface area contributed by atoms with E-state index in [1.807, 2.05) is 50.2 Å². The third-order valence-corrected chi connectivity index (χ3v) is 4.34. The monoisotopic (exact) mass is 354 g/mol. The predicted molar refractivity (Wildman–Crippen MR) is 101 cm³/mol. The highest BCUT2D eigenvalue weighted by Crippen LogP contribution is 2.30. The second kappa shape index (κ2) is 7.03. The first kappa shape index (κ1) is 17.1. The van der Waals surface area contributed by atoms with Crippen molar-refractivity contribution in [3.63, 3.8) is 0 Å². The number of fused-ring (bicyclic) bond motifs is 1. The van der Waals surface area contributed by atoms with Crippen LogP contribution in [0.5, 0.6) is 5.75 Å². The largest absolute Gasteiger partial charge is 0.493 e. The van der Waals surface area contributed by atoms with E-state index in [0.29, 0.717) is 13.2 Å². The van der Waals surface area contributed by atoms with Crippen molar-refractivity contribution in [2.45, 2.75) is 13.8 Å². The summed E-state index contributed by atoms with van der Waals surface area (Å²) in [6, 6.07) is 11.4. The van der Waals surface area contributed by atoms with Gasteiger partial charge in [-0.2, -0.15) is 0 Å². The van der Waals surface area contributed by atoms with Gasteiger partial charge in [0, 0.05) is 11.9 Å². The van der Waals surface area contributed by atoms with Crippen molar-refractivity contribution in [2.24, 2.45) is 0 Å². The third-order valence-electron chi connectivity index (χ3n) is 4.02. The molecule has 25 heavy (non-hydrogen) atoms. The summed E-state index contributed by atoms with van der Waals surface area (Å²) in [7, 11) is 0. The van der Waals surface area contributed by atoms with E-state index in [2.05, 4.69) is 5.32 Å². The van der Waals surface area contributed by atoms with Gasteiger partial charge in [0.05, 0.1) is 6.61 Å². The first-order valence-electron chi connectivity index (χ1n) is 8.10. The van der Waals surface area contributed by atoms with Crippen LogP contribution in [-0.2, 0) is 9.59 Å². The zero-order valence-corrected chi connectivity index (χ0v) is 14.9. The molecule has 2 amide bonds. The summed E-state index contributed by atoms with van der Waals surface area (Å²) in [5.41, 5.74) is 0.853. The van der Waals surface area contributed by atoms with Gasteiger partial charge in [0.1, 0.15) is 11.3 Å². The molecule has 0 bridgehead atoms. The van der Waals surface area contributed by atoms with Crippen molar-refractivity contribution in [2.75, 3.05) is 13.2 Å². The molecule has 1 N–H and O–H groups in total. The van der Waals surface area contributed by atoms with Gasteiger partial charge < -0.3 is 4.74 Å². The van der Waals surface area contributed by atoms with Gasteiger partial charge in [0.2, 0.25) is 0 Å². The summed E-state index contributed by atoms with van der Waals surface area (Å²) in [5, 5.41) is 4.56. The van der Waals surface area contributed by atoms with E-state index in [1.165, 1.54) is 4.90 Å². The molecule has 1 fully saturated rings. The number of thiocarbonyl (C=S) groups is 1. The molecule has 1 heterocycles. The Morgan fingerprint density at radius 1 is 1.12 bits per heavy atom. The molecule has 1 saturated heterocycles. The SMILES string of the molecule is CCOc1ccc(/C=C2\C(=O)NC(=S)N(CC)C2=O)c2ccccc12. The van der Waals surface area contributed by atoms with E-state index in [9.17, 15) is 9.59 Å². The fraction of sp³-hybridized carbons (Fsp3) is 0.211. The van der Waals surface area contributed by atoms with Crippen LogP contribution in [0.2, 0.25) is 0 Å². The molecule has 0 radical (unpaired) electrons. The number of hydrogen-bond acceptors (Lipinski definition) is 4. The number of nitrogens with zero attached hydrogens (tertiary/aromatic N) is 1. The van der Waals surface area contributed by atoms with Crippen LogP contribution in [-0.4, -0.2) is 35.0 Å². The lowest BCUT2D eigenvalue weighted by molar-refractivity contribution is -0.128. The fourth-order valence-electron chi connectivity index (χ4n) is 2.84. The number of amides is 2. The lowest BCUT2D eigenvalue weighted by atomic mass is 10.0. The second-order valence-electron chi connectivity index (χ2n) is 5.50. The van der Waals surface area contributed by atoms with Crippen molar-refractivity contribution < 1.29 is 14.3 Å². The maximum atomic E-state index is 12.6. The lowest BCUT2D eigenvalue weighted by Crippen LogP contribution is -2.53. The van der Waals surface area contributed by atoms with Crippen LogP contribution in [0.15, 0.2) is 42.0 Å². The minimum atomic E-state index is -0.474. The Morgan fingerprint density at radius 2 is 1.84 bits per heavy atom. The smallest absolute Gasteiger partial charge is 0.265 e. The van der Waals surface area contributed by atoms with E-state index < -0.39 is 5.91 Å². The molecular weight excluding hydrogens is 336 g/mol. The zero-order valence-electron chi connectivity index (χ0n) is 14.0. The maximum Gasteiger partial charge on any atom is 0.265 e. The number of likely N-dealkylation sites (N-methyl/N-ethyl adjacent to an activating group) is 1. The molecule has 0 spiro atoms. The molecule has 128 valence electrons. The number of hydrogen-bond donors (Lipinski definition) is 1. The van der Waals surface area contributed by atoms with Gasteiger partial charge in [0.25, 0.3) is 11.8 Å². The molecule has 2 aromatic carbocycles. The Labute approximate surface area is 151 Å². The highest BCUT2D eigenvalue weighted by atomic mass is 32.1. The summed E-state index contributed by atoms with van der Waals surface area (Å²) >= 11 is 5.05. The van der Waals surface area contributed by atoms with E-state index in [4.69, 9.17) is 17.0 Å². The van der Waals surface area contributed by atoms with E-state index in [-0.39, 0.29) is 16.6 Å². The van der Waals surface area contributed by atoms with Crippen molar-refractivity contribution in [1.82, 2.24) is 10.2 Å². The normalized spacial score (nSPS) is 16.5. The first-order chi connectivity index (χ1) is 12.1. The Hall–Kier alpha value is -2.73. The van der Waals surface area contributed by atoms with Crippen LogP contribution < -0.4 is 10.1 Å². The van der Waals surface area contributed by atoms with E-state index in [1.54, 1.807) is 6.08 Å². The van der Waals surface area contributed by atoms with Crippen LogP contribution in [0.3, 0.4) is 0 Å². The number of benzene rings is 2. The molecule has 0 aromatic heterocycles. The topological polar surface area (TPSA) is 58.6 Å². The van der Waals surface area contributed by atoms with Gasteiger partial charge in [-0.1, -0.05) is 30.3 Å². The molecule has 3 rings (SSSR count). The van der Waals surface area contributed by atoms with Crippen molar-refractivity contribution in [3.8, 4) is 5.75 Å². The van der Waals surface area contributed by atoms with Gasteiger partial charge in [0.15, 0.2) is 5.11 Å². The minimum Gasteiger partial charge on any atom is -0.493 e. The molecule has 1 aliphatic rings. The van der Waals surface area contributed by atoms with Crippen LogP contribution in [0.1, 0.15) is 19.4 Å². The van der Waals surface area contributed by atoms with Crippen LogP contribution in [0.25, 0.3) is 16.8 Å². The predicted octanol–water partition coefficient (Wildman–Crippen LogP) is 2.89. The maximum absolute atomic E-state index is 12.6. The Morgan fingerprint density at radius 3 is 2.52 bits per heavy atom. The molecular formula is C19H18N2O3S. The minimum absolute atomic E-state index is 0.0739. The first-order valence-corrected chi connectivity index (χ1v) is 8.51. The average molecular weight is 354 g/mol. The second-order valence-corrected chi connectivity index (χ2v) is 5.88. The molecule has 6 heteroatoms. The van der Waals surface area contributed by atoms with Gasteiger partial charge >= 0.3 is 0 Å². The summed E-state index contributed by atoms with van der Waals surface area (Å²) in [5.74, 6) is -0.0806. The molecule has 0 atom stereocenters. The Balaban J connectivity index is 2.12. The lowest BCUT2D eigenvalue weighted by Gasteiger charge is -2.27. The summed E-state index contributed by atoms with van der Waals surface area (Å²) in [6.45, 7) is 4.71. The summed E-state index contributed by atoms with van der Waals surface area (Å²) < 4.78 is 5.66. The summed E-state index contributed by atoms with van der Waals surface area (Å²) in [4.78, 5) is 26.2. The van der Waals surface area contributed by atoms with Crippen LogP contribution in [0.4, 0.5) is 0 Å². The molecule has 0 saturated carbocycles. The van der Waals surface area contributed by atoms with Gasteiger partial charge in [-0.3, -0.25) is 19.8 Å². The number of ether oxygens (including phenoxy) is 1. The number of nitrogens with one attached hydrogen (secondary N) is 1. The highest BCUT2D eigenvalue weighted by Gasteiger charge is 2.32. The molecule has 0 aliphatic carbocycles. The number of rotatable bonds is 4. The fourth-order valence-corrected chi connectivity index (χ4v) is 3.14. The van der Waals surface area contributed by atoms with Gasteiger partial charge in [-0.05, 0) is 49.2 Å². The van der Waals surface area contributed by atoms with Crippen LogP contribution in [0, 0.1) is 0 Å². The molecule has 0 unspecified atom stereocenters. The number of carbonyl (C=O) groups is 2. The van der Waals surface area contributed by atoms with Crippen molar-refractivity contribution in [1.29, 1.82) is 0 Å². The zero-order chi connectivity index (χ0) is 18.0. The average Bonchev–Trinajstić information content (AvgIpc) is 2.60. The highest BCUT2D eigenvalue weighted by molar-refractivity contribution is 7.80. The van der Waals surface area contributed by atoms with Gasteiger partial charge in [-0.15, -0.1) is 0 Å². The molecule has 1 aliphatic heterocycles. The van der Waals surface area contributed by atoms with Crippen LogP contribution >= 0.6 is 12.2 Å². The summed E-state index contributed by atoms with van der Waals surface area (Å²) in [6.07, 6.45) is 1.61. The van der Waals surface area contributed by atoms with Gasteiger partial charge in [-0.25, -0.2) is 0 Å². The van der Waals surface area contributed by atoms with E-state index >= 15 is 0 Å². The Kier molecular flexibility index (Phi) is 4.81. The molecule has 2 aromatic rings. The Bertz CT molecular complexity index is 905. The quantitative estimate of drug-likeness (QED) is 0.521. The standard InChI is InChI=1S/C19H18N2O3S/c1-3-21-18(23)15(17(22)20-19(21)25)11-12-9-10-16(24-4-2)14-8-6-5-7-13(12)14/h5-11H,3-4H2,1-2H3,(H,20,22,25)/b15-11+. The third kappa shape index (κ3) is 3.13. The van der Waals surface area contributed by atoms with Crippen molar-refractivity contribution in [3.05, 3.63) is 47.5 Å². The van der Waals surface area contributed by atoms with Crippen molar-refractivity contribution >= 4 is 46.0 Å². The van der Waals surface area contributed by atoms with E-state index in [0.717, 1.165) is 22.1 Å². The number of carbonyl (C=O) groups excluding carboxylic acids is 2.